The average molecular weight is 508 g/mol. The zero-order valence-electron chi connectivity index (χ0n) is 20.9. The van der Waals surface area contributed by atoms with Gasteiger partial charge in [0.15, 0.2) is 0 Å². The van der Waals surface area contributed by atoms with Crippen LogP contribution in [0.3, 0.4) is 0 Å². The van der Waals surface area contributed by atoms with E-state index >= 15 is 0 Å². The molecule has 0 aliphatic heterocycles. The van der Waals surface area contributed by atoms with Crippen LogP contribution in [0.2, 0.25) is 0 Å². The first-order chi connectivity index (χ1) is 17.3. The summed E-state index contributed by atoms with van der Waals surface area (Å²) in [5, 5.41) is 2.63. The molecule has 2 amide bonds. The lowest BCUT2D eigenvalue weighted by molar-refractivity contribution is -0.139. The molecule has 0 bridgehead atoms. The molecular weight excluding hydrogens is 474 g/mol. The van der Waals surface area contributed by atoms with Gasteiger partial charge >= 0.3 is 0 Å². The van der Waals surface area contributed by atoms with Crippen LogP contribution in [-0.2, 0) is 26.0 Å². The van der Waals surface area contributed by atoms with Gasteiger partial charge in [0, 0.05) is 13.6 Å². The maximum absolute atomic E-state index is 13.7. The Hall–Kier alpha value is -3.65. The number of likely N-dealkylation sites (N-methyl/N-ethyl adjacent to an activating group) is 1. The second kappa shape index (κ2) is 12.4. The molecule has 0 aliphatic rings. The molecule has 3 aromatic rings. The van der Waals surface area contributed by atoms with Gasteiger partial charge in [0.1, 0.15) is 12.6 Å². The summed E-state index contributed by atoms with van der Waals surface area (Å²) < 4.78 is 28.5. The van der Waals surface area contributed by atoms with E-state index in [0.717, 1.165) is 15.4 Å². The average Bonchev–Trinajstić information content (AvgIpc) is 2.90. The van der Waals surface area contributed by atoms with E-state index in [-0.39, 0.29) is 17.3 Å². The number of carbonyl (C=O) groups excluding carboxylic acids is 2. The van der Waals surface area contributed by atoms with Crippen molar-refractivity contribution in [3.05, 3.63) is 96.1 Å². The molecule has 0 unspecified atom stereocenters. The molecule has 36 heavy (non-hydrogen) atoms. The molecule has 7 nitrogen and oxygen atoms in total. The van der Waals surface area contributed by atoms with Crippen LogP contribution >= 0.6 is 0 Å². The molecular formula is C28H33N3O4S. The minimum absolute atomic E-state index is 0.0962. The van der Waals surface area contributed by atoms with Crippen LogP contribution < -0.4 is 9.62 Å². The molecule has 0 heterocycles. The second-order valence-electron chi connectivity index (χ2n) is 8.52. The van der Waals surface area contributed by atoms with Crippen LogP contribution in [0.4, 0.5) is 5.69 Å². The normalized spacial score (nSPS) is 12.0. The first-order valence-corrected chi connectivity index (χ1v) is 13.4. The lowest BCUT2D eigenvalue weighted by atomic mass is 10.1. The molecule has 0 radical (unpaired) electrons. The van der Waals surface area contributed by atoms with Crippen LogP contribution in [0.1, 0.15) is 24.5 Å². The fourth-order valence-electron chi connectivity index (χ4n) is 4.02. The molecule has 0 saturated carbocycles. The van der Waals surface area contributed by atoms with Crippen LogP contribution in [0.5, 0.6) is 0 Å². The number of nitrogens with zero attached hydrogens (tertiary/aromatic N) is 2. The largest absolute Gasteiger partial charge is 0.357 e. The summed E-state index contributed by atoms with van der Waals surface area (Å²) >= 11 is 0. The predicted octanol–water partition coefficient (Wildman–Crippen LogP) is 3.79. The number of benzene rings is 3. The summed E-state index contributed by atoms with van der Waals surface area (Å²) in [7, 11) is -2.51. The number of anilines is 1. The number of hydrogen-bond acceptors (Lipinski definition) is 4. The molecule has 1 atom stereocenters. The van der Waals surface area contributed by atoms with Crippen molar-refractivity contribution in [1.82, 2.24) is 10.2 Å². The van der Waals surface area contributed by atoms with Gasteiger partial charge in [-0.2, -0.15) is 0 Å². The molecule has 0 aromatic heterocycles. The number of sulfonamides is 1. The van der Waals surface area contributed by atoms with Crippen molar-refractivity contribution in [2.75, 3.05) is 24.4 Å². The molecule has 0 aliphatic carbocycles. The van der Waals surface area contributed by atoms with Crippen molar-refractivity contribution in [3.63, 3.8) is 0 Å². The third kappa shape index (κ3) is 6.51. The van der Waals surface area contributed by atoms with E-state index in [1.54, 1.807) is 42.5 Å². The van der Waals surface area contributed by atoms with Gasteiger partial charge < -0.3 is 10.2 Å². The predicted molar refractivity (Wildman–Crippen MR) is 142 cm³/mol. The number of aryl methyl sites for hydroxylation is 1. The Kier molecular flexibility index (Phi) is 9.25. The molecule has 0 fully saturated rings. The summed E-state index contributed by atoms with van der Waals surface area (Å²) in [6, 6.07) is 24.0. The van der Waals surface area contributed by atoms with Gasteiger partial charge in [-0.3, -0.25) is 13.9 Å². The quantitative estimate of drug-likeness (QED) is 0.428. The summed E-state index contributed by atoms with van der Waals surface area (Å²) in [6.45, 7) is 3.56. The summed E-state index contributed by atoms with van der Waals surface area (Å²) in [4.78, 5) is 28.0. The Morgan fingerprint density at radius 1 is 0.889 bits per heavy atom. The molecule has 3 aromatic carbocycles. The van der Waals surface area contributed by atoms with Gasteiger partial charge in [-0.15, -0.1) is 0 Å². The number of nitrogens with one attached hydrogen (secondary N) is 1. The number of para-hydroxylation sites is 1. The summed E-state index contributed by atoms with van der Waals surface area (Å²) in [6.07, 6.45) is 0.937. The lowest BCUT2D eigenvalue weighted by Gasteiger charge is -2.33. The smallest absolute Gasteiger partial charge is 0.264 e. The highest BCUT2D eigenvalue weighted by molar-refractivity contribution is 7.92. The molecule has 190 valence electrons. The van der Waals surface area contributed by atoms with Crippen LogP contribution in [-0.4, -0.2) is 51.3 Å². The Balaban J connectivity index is 1.97. The number of carbonyl (C=O) groups is 2. The Bertz CT molecular complexity index is 1250. The summed E-state index contributed by atoms with van der Waals surface area (Å²) in [5.41, 5.74) is 2.33. The second-order valence-corrected chi connectivity index (χ2v) is 10.4. The van der Waals surface area contributed by atoms with Gasteiger partial charge in [0.25, 0.3) is 10.0 Å². The van der Waals surface area contributed by atoms with Crippen molar-refractivity contribution in [2.24, 2.45) is 0 Å². The van der Waals surface area contributed by atoms with E-state index in [9.17, 15) is 18.0 Å². The minimum atomic E-state index is -4.04. The van der Waals surface area contributed by atoms with Crippen molar-refractivity contribution in [2.45, 2.75) is 37.6 Å². The van der Waals surface area contributed by atoms with E-state index in [1.165, 1.54) is 24.1 Å². The SMILES string of the molecule is CC[C@H](C(=O)NC)N(CCc1ccccc1)C(=O)CN(c1ccccc1)S(=O)(=O)c1ccc(C)cc1. The lowest BCUT2D eigenvalue weighted by Crippen LogP contribution is -2.52. The fourth-order valence-corrected chi connectivity index (χ4v) is 5.44. The van der Waals surface area contributed by atoms with E-state index in [2.05, 4.69) is 5.32 Å². The third-order valence-corrected chi connectivity index (χ3v) is 7.84. The highest BCUT2D eigenvalue weighted by Gasteiger charge is 2.33. The van der Waals surface area contributed by atoms with Gasteiger partial charge in [-0.25, -0.2) is 8.42 Å². The van der Waals surface area contributed by atoms with E-state index in [0.29, 0.717) is 18.5 Å². The highest BCUT2D eigenvalue weighted by Crippen LogP contribution is 2.24. The van der Waals surface area contributed by atoms with Gasteiger partial charge in [-0.1, -0.05) is 73.2 Å². The fraction of sp³-hybridized carbons (Fsp3) is 0.286. The van der Waals surface area contributed by atoms with Crippen molar-refractivity contribution < 1.29 is 18.0 Å². The molecule has 0 spiro atoms. The zero-order chi connectivity index (χ0) is 26.1. The first-order valence-electron chi connectivity index (χ1n) is 12.0. The molecule has 3 rings (SSSR count). The van der Waals surface area contributed by atoms with Crippen LogP contribution in [0.15, 0.2) is 89.8 Å². The number of rotatable bonds is 11. The molecule has 0 saturated heterocycles. The van der Waals surface area contributed by atoms with Crippen molar-refractivity contribution in [3.8, 4) is 0 Å². The first kappa shape index (κ1) is 26.9. The standard InChI is InChI=1S/C28H33N3O4S/c1-4-26(28(33)29-3)30(20-19-23-11-7-5-8-12-23)27(32)21-31(24-13-9-6-10-14-24)36(34,35)25-17-15-22(2)16-18-25/h5-18,26H,4,19-21H2,1-3H3,(H,29,33)/t26-/m1/s1. The highest BCUT2D eigenvalue weighted by atomic mass is 32.2. The monoisotopic (exact) mass is 507 g/mol. The van der Waals surface area contributed by atoms with E-state index in [4.69, 9.17) is 0 Å². The van der Waals surface area contributed by atoms with Crippen LogP contribution in [0, 0.1) is 6.92 Å². The molecule has 1 N–H and O–H groups in total. The maximum Gasteiger partial charge on any atom is 0.264 e. The topological polar surface area (TPSA) is 86.8 Å². The van der Waals surface area contributed by atoms with E-state index < -0.39 is 28.5 Å². The van der Waals surface area contributed by atoms with E-state index in [1.807, 2.05) is 44.2 Å². The zero-order valence-corrected chi connectivity index (χ0v) is 21.7. The number of hydrogen-bond donors (Lipinski definition) is 1. The molecule has 8 heteroatoms. The van der Waals surface area contributed by atoms with Gasteiger partial charge in [0.05, 0.1) is 10.6 Å². The van der Waals surface area contributed by atoms with Gasteiger partial charge in [0.2, 0.25) is 11.8 Å². The number of amides is 2. The Morgan fingerprint density at radius 3 is 2.03 bits per heavy atom. The van der Waals surface area contributed by atoms with Crippen LogP contribution in [0.25, 0.3) is 0 Å². The maximum atomic E-state index is 13.7. The Morgan fingerprint density at radius 2 is 1.47 bits per heavy atom. The van der Waals surface area contributed by atoms with Crippen molar-refractivity contribution >= 4 is 27.5 Å². The van der Waals surface area contributed by atoms with Crippen molar-refractivity contribution in [1.29, 1.82) is 0 Å². The van der Waals surface area contributed by atoms with Gasteiger partial charge in [-0.05, 0) is 49.6 Å². The summed E-state index contributed by atoms with van der Waals surface area (Å²) in [5.74, 6) is -0.729. The minimum Gasteiger partial charge on any atom is -0.357 e. The third-order valence-electron chi connectivity index (χ3n) is 6.05. The Labute approximate surface area is 213 Å².